The van der Waals surface area contributed by atoms with Crippen LogP contribution in [0.1, 0.15) is 26.2 Å². The lowest BCUT2D eigenvalue weighted by Crippen LogP contribution is -2.32. The van der Waals surface area contributed by atoms with Gasteiger partial charge in [-0.3, -0.25) is 10.7 Å². The molecule has 0 aromatic carbocycles. The van der Waals surface area contributed by atoms with Crippen LogP contribution in [0.3, 0.4) is 0 Å². The van der Waals surface area contributed by atoms with Crippen molar-refractivity contribution in [3.05, 3.63) is 35.7 Å². The van der Waals surface area contributed by atoms with Crippen LogP contribution in [0.4, 0.5) is 0 Å². The molecule has 88 valence electrons. The van der Waals surface area contributed by atoms with E-state index in [9.17, 15) is 5.21 Å². The number of nitrogens with zero attached hydrogens (tertiary/aromatic N) is 1. The molecule has 1 saturated heterocycles. The number of allylic oxidation sites excluding steroid dienone is 4. The highest BCUT2D eigenvalue weighted by molar-refractivity contribution is 5.35. The van der Waals surface area contributed by atoms with Gasteiger partial charge in [-0.25, -0.2) is 0 Å². The number of rotatable bonds is 2. The van der Waals surface area contributed by atoms with Gasteiger partial charge in [-0.1, -0.05) is 25.2 Å². The lowest BCUT2D eigenvalue weighted by atomic mass is 10.1. The Morgan fingerprint density at radius 2 is 2.06 bits per heavy atom. The van der Waals surface area contributed by atoms with Gasteiger partial charge in [-0.05, 0) is 31.3 Å². The molecule has 3 heteroatoms. The second-order valence-electron chi connectivity index (χ2n) is 4.54. The maximum Gasteiger partial charge on any atom is 0.0801 e. The van der Waals surface area contributed by atoms with Crippen LogP contribution in [-0.4, -0.2) is 23.2 Å². The van der Waals surface area contributed by atoms with Crippen molar-refractivity contribution >= 4 is 0 Å². The van der Waals surface area contributed by atoms with Crippen molar-refractivity contribution in [3.8, 4) is 0 Å². The molecule has 2 aliphatic rings. The lowest BCUT2D eigenvalue weighted by molar-refractivity contribution is 0.189. The highest BCUT2D eigenvalue weighted by atomic mass is 16.5. The predicted octanol–water partition coefficient (Wildman–Crippen LogP) is 2.42. The summed E-state index contributed by atoms with van der Waals surface area (Å²) in [7, 11) is 0. The highest BCUT2D eigenvalue weighted by Crippen LogP contribution is 2.22. The molecule has 1 aliphatic heterocycles. The van der Waals surface area contributed by atoms with Crippen molar-refractivity contribution in [2.75, 3.05) is 13.1 Å². The fourth-order valence-electron chi connectivity index (χ4n) is 2.32. The van der Waals surface area contributed by atoms with Gasteiger partial charge in [-0.15, -0.1) is 0 Å². The molecule has 1 fully saturated rings. The minimum Gasteiger partial charge on any atom is -0.370 e. The largest absolute Gasteiger partial charge is 0.370 e. The van der Waals surface area contributed by atoms with Gasteiger partial charge in [0.1, 0.15) is 0 Å². The first-order chi connectivity index (χ1) is 7.81. The van der Waals surface area contributed by atoms with E-state index in [0.717, 1.165) is 24.5 Å². The zero-order valence-corrected chi connectivity index (χ0v) is 9.82. The molecule has 16 heavy (non-hydrogen) atoms. The summed E-state index contributed by atoms with van der Waals surface area (Å²) in [5, 5.41) is 9.22. The zero-order chi connectivity index (χ0) is 11.4. The molecule has 2 N–H and O–H groups in total. The Bertz CT molecular complexity index is 325. The summed E-state index contributed by atoms with van der Waals surface area (Å²) in [6.07, 6.45) is 12.2. The normalized spacial score (nSPS) is 25.9. The number of hydrogen-bond acceptors (Lipinski definition) is 3. The molecule has 2 rings (SSSR count). The first kappa shape index (κ1) is 11.3. The Morgan fingerprint density at radius 3 is 2.75 bits per heavy atom. The molecular weight excluding hydrogens is 200 g/mol. The number of nitrogens with one attached hydrogen (secondary N) is 1. The van der Waals surface area contributed by atoms with E-state index in [1.165, 1.54) is 19.3 Å². The minimum absolute atomic E-state index is 0.355. The standard InChI is InChI=1S/C13H20N2O/c1-11-6-5-7-13(12(10-11)14-16)15-8-3-2-4-9-15/h5-7,10-11,14,16H,2-4,8-9H2,1H3. The van der Waals surface area contributed by atoms with E-state index < -0.39 is 0 Å². The molecule has 1 heterocycles. The van der Waals surface area contributed by atoms with Crippen molar-refractivity contribution in [2.45, 2.75) is 26.2 Å². The molecule has 3 nitrogen and oxygen atoms in total. The maximum absolute atomic E-state index is 9.22. The Labute approximate surface area is 97.1 Å². The van der Waals surface area contributed by atoms with E-state index in [4.69, 9.17) is 0 Å². The summed E-state index contributed by atoms with van der Waals surface area (Å²) >= 11 is 0. The summed E-state index contributed by atoms with van der Waals surface area (Å²) in [6.45, 7) is 4.29. The van der Waals surface area contributed by atoms with Gasteiger partial charge in [0.05, 0.1) is 11.4 Å². The van der Waals surface area contributed by atoms with Gasteiger partial charge in [0.25, 0.3) is 0 Å². The van der Waals surface area contributed by atoms with Gasteiger partial charge in [0.15, 0.2) is 0 Å². The van der Waals surface area contributed by atoms with Gasteiger partial charge in [0, 0.05) is 13.1 Å². The van der Waals surface area contributed by atoms with Crippen LogP contribution in [0.15, 0.2) is 35.7 Å². The number of hydroxylamine groups is 1. The molecule has 1 atom stereocenters. The minimum atomic E-state index is 0.355. The monoisotopic (exact) mass is 220 g/mol. The van der Waals surface area contributed by atoms with Gasteiger partial charge in [-0.2, -0.15) is 0 Å². The summed E-state index contributed by atoms with van der Waals surface area (Å²) < 4.78 is 0. The zero-order valence-electron chi connectivity index (χ0n) is 9.82. The summed E-state index contributed by atoms with van der Waals surface area (Å²) in [5.41, 5.74) is 4.28. The Hall–Kier alpha value is -1.22. The Balaban J connectivity index is 2.19. The van der Waals surface area contributed by atoms with E-state index in [2.05, 4.69) is 41.6 Å². The Kier molecular flexibility index (Phi) is 3.67. The molecule has 0 amide bonds. The summed E-state index contributed by atoms with van der Waals surface area (Å²) in [5.74, 6) is 0.355. The van der Waals surface area contributed by atoms with Crippen LogP contribution < -0.4 is 5.48 Å². The van der Waals surface area contributed by atoms with E-state index in [0.29, 0.717) is 5.92 Å². The molecule has 1 unspecified atom stereocenters. The van der Waals surface area contributed by atoms with E-state index in [-0.39, 0.29) is 0 Å². The topological polar surface area (TPSA) is 35.5 Å². The van der Waals surface area contributed by atoms with Crippen molar-refractivity contribution in [2.24, 2.45) is 5.92 Å². The van der Waals surface area contributed by atoms with Crippen LogP contribution in [0, 0.1) is 5.92 Å². The van der Waals surface area contributed by atoms with Crippen molar-refractivity contribution in [1.82, 2.24) is 10.4 Å². The first-order valence-electron chi connectivity index (χ1n) is 6.07. The third-order valence-electron chi connectivity index (χ3n) is 3.19. The third kappa shape index (κ3) is 2.47. The lowest BCUT2D eigenvalue weighted by Gasteiger charge is -2.31. The average Bonchev–Trinajstić information content (AvgIpc) is 2.51. The molecule has 0 radical (unpaired) electrons. The Morgan fingerprint density at radius 1 is 1.31 bits per heavy atom. The number of likely N-dealkylation sites (tertiary alicyclic amines) is 1. The molecule has 0 spiro atoms. The smallest absolute Gasteiger partial charge is 0.0801 e. The van der Waals surface area contributed by atoms with Gasteiger partial charge < -0.3 is 4.90 Å². The van der Waals surface area contributed by atoms with E-state index >= 15 is 0 Å². The molecule has 0 aromatic rings. The number of piperidine rings is 1. The van der Waals surface area contributed by atoms with Crippen LogP contribution in [-0.2, 0) is 0 Å². The molecule has 0 aromatic heterocycles. The van der Waals surface area contributed by atoms with E-state index in [1.54, 1.807) is 0 Å². The van der Waals surface area contributed by atoms with Gasteiger partial charge in [0.2, 0.25) is 0 Å². The average molecular weight is 220 g/mol. The second kappa shape index (κ2) is 5.21. The number of hydrogen-bond donors (Lipinski definition) is 2. The van der Waals surface area contributed by atoms with Crippen molar-refractivity contribution in [1.29, 1.82) is 0 Å². The van der Waals surface area contributed by atoms with Gasteiger partial charge >= 0.3 is 0 Å². The third-order valence-corrected chi connectivity index (χ3v) is 3.19. The molecular formula is C13H20N2O. The van der Waals surface area contributed by atoms with E-state index in [1.807, 2.05) is 0 Å². The molecule has 0 bridgehead atoms. The maximum atomic E-state index is 9.22. The summed E-state index contributed by atoms with van der Waals surface area (Å²) in [4.78, 5) is 2.35. The highest BCUT2D eigenvalue weighted by Gasteiger charge is 2.17. The fraction of sp³-hybridized carbons (Fsp3) is 0.538. The molecule has 0 saturated carbocycles. The summed E-state index contributed by atoms with van der Waals surface area (Å²) in [6, 6.07) is 0. The SMILES string of the molecule is CC1C=CC=C(N2CCCCC2)C(NO)=C1. The first-order valence-corrected chi connectivity index (χ1v) is 6.07. The van der Waals surface area contributed by atoms with Crippen LogP contribution >= 0.6 is 0 Å². The van der Waals surface area contributed by atoms with Crippen molar-refractivity contribution < 1.29 is 5.21 Å². The fourth-order valence-corrected chi connectivity index (χ4v) is 2.32. The second-order valence-corrected chi connectivity index (χ2v) is 4.54. The van der Waals surface area contributed by atoms with Crippen molar-refractivity contribution in [3.63, 3.8) is 0 Å². The van der Waals surface area contributed by atoms with Crippen LogP contribution in [0.2, 0.25) is 0 Å². The van der Waals surface area contributed by atoms with Crippen LogP contribution in [0.5, 0.6) is 0 Å². The quantitative estimate of drug-likeness (QED) is 0.702. The van der Waals surface area contributed by atoms with Crippen LogP contribution in [0.25, 0.3) is 0 Å². The predicted molar refractivity (Wildman–Crippen MR) is 64.8 cm³/mol. The molecule has 1 aliphatic carbocycles.